The van der Waals surface area contributed by atoms with Crippen LogP contribution >= 0.6 is 0 Å². The molecule has 0 aliphatic carbocycles. The second-order valence-corrected chi connectivity index (χ2v) is 4.97. The van der Waals surface area contributed by atoms with Gasteiger partial charge in [0.2, 0.25) is 0 Å². The molecule has 0 radical (unpaired) electrons. The third kappa shape index (κ3) is 3.06. The van der Waals surface area contributed by atoms with E-state index in [9.17, 15) is 0 Å². The van der Waals surface area contributed by atoms with E-state index in [0.29, 0.717) is 0 Å². The molecule has 1 aromatic rings. The third-order valence-electron chi connectivity index (χ3n) is 3.37. The molecule has 1 aromatic carbocycles. The minimum absolute atomic E-state index is 0.105. The van der Waals surface area contributed by atoms with E-state index < -0.39 is 0 Å². The van der Waals surface area contributed by atoms with Gasteiger partial charge in [0, 0.05) is 6.61 Å². The smallest absolute Gasteiger partial charge is 0.0782 e. The summed E-state index contributed by atoms with van der Waals surface area (Å²) in [6, 6.07) is 6.66. The number of hydrogen-bond acceptors (Lipinski definition) is 3. The first-order valence-electron chi connectivity index (χ1n) is 6.36. The molecule has 3 N–H and O–H groups in total. The number of nitrogens with one attached hydrogen (secondary N) is 1. The van der Waals surface area contributed by atoms with Crippen LogP contribution in [0.4, 0.5) is 0 Å². The van der Waals surface area contributed by atoms with Gasteiger partial charge >= 0.3 is 0 Å². The second-order valence-electron chi connectivity index (χ2n) is 4.97. The summed E-state index contributed by atoms with van der Waals surface area (Å²) >= 11 is 0. The first kappa shape index (κ1) is 12.6. The Kier molecular flexibility index (Phi) is 4.15. The highest BCUT2D eigenvalue weighted by Crippen LogP contribution is 2.27. The number of ether oxygens (including phenoxy) is 1. The summed E-state index contributed by atoms with van der Waals surface area (Å²) in [4.78, 5) is 0. The van der Waals surface area contributed by atoms with Crippen molar-refractivity contribution in [3.8, 4) is 0 Å². The zero-order valence-corrected chi connectivity index (χ0v) is 10.7. The molecule has 1 aliphatic rings. The lowest BCUT2D eigenvalue weighted by molar-refractivity contribution is -0.00823. The fourth-order valence-corrected chi connectivity index (χ4v) is 2.64. The van der Waals surface area contributed by atoms with E-state index in [2.05, 4.69) is 37.5 Å². The molecule has 2 atom stereocenters. The molecule has 0 bridgehead atoms. The fraction of sp³-hybridized carbons (Fsp3) is 0.571. The van der Waals surface area contributed by atoms with Crippen LogP contribution in [-0.2, 0) is 4.74 Å². The van der Waals surface area contributed by atoms with E-state index in [4.69, 9.17) is 10.6 Å². The van der Waals surface area contributed by atoms with Gasteiger partial charge in [0.1, 0.15) is 0 Å². The van der Waals surface area contributed by atoms with Crippen molar-refractivity contribution in [2.45, 2.75) is 45.3 Å². The molecular weight excluding hydrogens is 212 g/mol. The van der Waals surface area contributed by atoms with Gasteiger partial charge in [-0.3, -0.25) is 11.3 Å². The maximum atomic E-state index is 5.82. The van der Waals surface area contributed by atoms with Crippen LogP contribution in [0.5, 0.6) is 0 Å². The standard InChI is InChI=1S/C14H22N2O/c1-10-7-11(2)9-12(8-10)14(16-15)13-5-3-4-6-17-13/h7-9,13-14,16H,3-6,15H2,1-2H3. The van der Waals surface area contributed by atoms with Crippen LogP contribution in [-0.4, -0.2) is 12.7 Å². The van der Waals surface area contributed by atoms with Crippen molar-refractivity contribution in [3.63, 3.8) is 0 Å². The molecular formula is C14H22N2O. The number of aryl methyl sites for hydroxylation is 2. The Morgan fingerprint density at radius 2 is 1.94 bits per heavy atom. The Bertz CT molecular complexity index is 352. The average Bonchev–Trinajstić information content (AvgIpc) is 2.30. The lowest BCUT2D eigenvalue weighted by Gasteiger charge is -2.30. The van der Waals surface area contributed by atoms with Crippen LogP contribution in [0, 0.1) is 13.8 Å². The van der Waals surface area contributed by atoms with Crippen molar-refractivity contribution in [3.05, 3.63) is 34.9 Å². The lowest BCUT2D eigenvalue weighted by Crippen LogP contribution is -2.39. The summed E-state index contributed by atoms with van der Waals surface area (Å²) in [5, 5.41) is 0. The molecule has 17 heavy (non-hydrogen) atoms. The molecule has 3 heteroatoms. The van der Waals surface area contributed by atoms with Crippen LogP contribution < -0.4 is 11.3 Å². The molecule has 0 spiro atoms. The number of hydrogen-bond donors (Lipinski definition) is 2. The van der Waals surface area contributed by atoms with Gasteiger partial charge in [-0.25, -0.2) is 0 Å². The van der Waals surface area contributed by atoms with E-state index >= 15 is 0 Å². The van der Waals surface area contributed by atoms with Gasteiger partial charge in [0.25, 0.3) is 0 Å². The van der Waals surface area contributed by atoms with Crippen LogP contribution in [0.25, 0.3) is 0 Å². The first-order valence-corrected chi connectivity index (χ1v) is 6.36. The summed E-state index contributed by atoms with van der Waals surface area (Å²) in [6.45, 7) is 5.09. The predicted octanol–water partition coefficient (Wildman–Crippen LogP) is 2.38. The normalized spacial score (nSPS) is 22.4. The Labute approximate surface area is 103 Å². The molecule has 1 heterocycles. The molecule has 1 aliphatic heterocycles. The van der Waals surface area contributed by atoms with Gasteiger partial charge in [-0.2, -0.15) is 0 Å². The van der Waals surface area contributed by atoms with E-state index in [-0.39, 0.29) is 12.1 Å². The Hall–Kier alpha value is -0.900. The number of nitrogens with two attached hydrogens (primary N) is 1. The van der Waals surface area contributed by atoms with E-state index in [1.165, 1.54) is 29.5 Å². The molecule has 1 saturated heterocycles. The van der Waals surface area contributed by atoms with E-state index in [1.807, 2.05) is 0 Å². The molecule has 0 saturated carbocycles. The third-order valence-corrected chi connectivity index (χ3v) is 3.37. The van der Waals surface area contributed by atoms with Crippen molar-refractivity contribution in [1.82, 2.24) is 5.43 Å². The monoisotopic (exact) mass is 234 g/mol. The molecule has 94 valence electrons. The quantitative estimate of drug-likeness (QED) is 0.623. The van der Waals surface area contributed by atoms with Gasteiger partial charge in [-0.05, 0) is 38.7 Å². The van der Waals surface area contributed by atoms with Gasteiger partial charge in [0.15, 0.2) is 0 Å². The SMILES string of the molecule is Cc1cc(C)cc(C(NN)C2CCCCO2)c1. The number of hydrazine groups is 1. The highest BCUT2D eigenvalue weighted by atomic mass is 16.5. The molecule has 1 fully saturated rings. The molecule has 0 amide bonds. The van der Waals surface area contributed by atoms with Gasteiger partial charge < -0.3 is 4.74 Å². The highest BCUT2D eigenvalue weighted by molar-refractivity contribution is 5.31. The van der Waals surface area contributed by atoms with Crippen molar-refractivity contribution in [2.24, 2.45) is 5.84 Å². The van der Waals surface area contributed by atoms with Crippen LogP contribution in [0.1, 0.15) is 42.0 Å². The first-order chi connectivity index (χ1) is 8.20. The summed E-state index contributed by atoms with van der Waals surface area (Å²) in [5.74, 6) is 5.71. The number of rotatable bonds is 3. The van der Waals surface area contributed by atoms with Crippen LogP contribution in [0.3, 0.4) is 0 Å². The predicted molar refractivity (Wildman–Crippen MR) is 69.6 cm³/mol. The average molecular weight is 234 g/mol. The summed E-state index contributed by atoms with van der Waals surface area (Å²) < 4.78 is 5.82. The van der Waals surface area contributed by atoms with Crippen molar-refractivity contribution in [2.75, 3.05) is 6.61 Å². The Morgan fingerprint density at radius 3 is 2.47 bits per heavy atom. The molecule has 3 nitrogen and oxygen atoms in total. The minimum atomic E-state index is 0.105. The summed E-state index contributed by atoms with van der Waals surface area (Å²) in [7, 11) is 0. The summed E-state index contributed by atoms with van der Waals surface area (Å²) in [6.07, 6.45) is 3.69. The van der Waals surface area contributed by atoms with E-state index in [1.54, 1.807) is 0 Å². The summed E-state index contributed by atoms with van der Waals surface area (Å²) in [5.41, 5.74) is 6.70. The van der Waals surface area contributed by atoms with Crippen molar-refractivity contribution >= 4 is 0 Å². The minimum Gasteiger partial charge on any atom is -0.376 e. The zero-order valence-electron chi connectivity index (χ0n) is 10.7. The zero-order chi connectivity index (χ0) is 12.3. The fourth-order valence-electron chi connectivity index (χ4n) is 2.64. The maximum Gasteiger partial charge on any atom is 0.0782 e. The van der Waals surface area contributed by atoms with Crippen molar-refractivity contribution < 1.29 is 4.74 Å². The van der Waals surface area contributed by atoms with Crippen LogP contribution in [0.2, 0.25) is 0 Å². The molecule has 2 unspecified atom stereocenters. The van der Waals surface area contributed by atoms with Gasteiger partial charge in [-0.15, -0.1) is 0 Å². The van der Waals surface area contributed by atoms with Gasteiger partial charge in [-0.1, -0.05) is 29.3 Å². The maximum absolute atomic E-state index is 5.82. The van der Waals surface area contributed by atoms with Gasteiger partial charge in [0.05, 0.1) is 12.1 Å². The highest BCUT2D eigenvalue weighted by Gasteiger charge is 2.25. The molecule has 0 aromatic heterocycles. The topological polar surface area (TPSA) is 47.3 Å². The molecule has 2 rings (SSSR count). The lowest BCUT2D eigenvalue weighted by atomic mass is 9.94. The largest absolute Gasteiger partial charge is 0.376 e. The number of benzene rings is 1. The van der Waals surface area contributed by atoms with E-state index in [0.717, 1.165) is 13.0 Å². The Balaban J connectivity index is 2.21. The van der Waals surface area contributed by atoms with Crippen molar-refractivity contribution in [1.29, 1.82) is 0 Å². The Morgan fingerprint density at radius 1 is 1.24 bits per heavy atom. The van der Waals surface area contributed by atoms with Crippen LogP contribution in [0.15, 0.2) is 18.2 Å². The second kappa shape index (κ2) is 5.63.